The van der Waals surface area contributed by atoms with Crippen LogP contribution < -0.4 is 10.1 Å². The molecule has 5 nitrogen and oxygen atoms in total. The first-order valence-electron chi connectivity index (χ1n) is 11.8. The number of carbonyl (C=O) groups is 1. The maximum absolute atomic E-state index is 13.5. The molecule has 0 spiro atoms. The molecule has 0 radical (unpaired) electrons. The minimum atomic E-state index is -0.752. The molecule has 1 N–H and O–H groups in total. The largest absolute Gasteiger partial charge is 0.488 e. The van der Waals surface area contributed by atoms with Gasteiger partial charge >= 0.3 is 0 Å². The molecule has 34 heavy (non-hydrogen) atoms. The molecule has 0 saturated carbocycles. The average molecular weight is 466 g/mol. The molecule has 5 rings (SSSR count). The second-order valence-corrected chi connectivity index (χ2v) is 9.41. The first kappa shape index (κ1) is 22.7. The van der Waals surface area contributed by atoms with Crippen molar-refractivity contribution < 1.29 is 18.3 Å². The minimum Gasteiger partial charge on any atom is -0.488 e. The number of amides is 1. The van der Waals surface area contributed by atoms with Crippen LogP contribution in [0.15, 0.2) is 54.6 Å². The SMILES string of the molecule is CN1CCC(Oc2ccc(CN3CC[C@H](NC(=O)c4cc(F)cc(F)c4)C3)c3ccccc23)C1. The monoisotopic (exact) mass is 465 g/mol. The summed E-state index contributed by atoms with van der Waals surface area (Å²) in [6.45, 7) is 4.28. The van der Waals surface area contributed by atoms with E-state index >= 15 is 0 Å². The Morgan fingerprint density at radius 1 is 1.00 bits per heavy atom. The number of likely N-dealkylation sites (N-methyl/N-ethyl adjacent to an activating group) is 1. The number of hydrogen-bond donors (Lipinski definition) is 1. The van der Waals surface area contributed by atoms with Gasteiger partial charge in [0.15, 0.2) is 0 Å². The zero-order chi connectivity index (χ0) is 23.7. The molecular weight excluding hydrogens is 436 g/mol. The van der Waals surface area contributed by atoms with Crippen molar-refractivity contribution in [3.05, 3.63) is 77.4 Å². The van der Waals surface area contributed by atoms with Crippen LogP contribution in [0.4, 0.5) is 8.78 Å². The molecular formula is C27H29F2N3O2. The molecule has 0 aromatic heterocycles. The van der Waals surface area contributed by atoms with Crippen molar-refractivity contribution in [1.82, 2.24) is 15.1 Å². The van der Waals surface area contributed by atoms with Gasteiger partial charge in [0.05, 0.1) is 0 Å². The molecule has 7 heteroatoms. The average Bonchev–Trinajstić information content (AvgIpc) is 3.43. The van der Waals surface area contributed by atoms with Gasteiger partial charge in [-0.1, -0.05) is 30.3 Å². The number of nitrogens with one attached hydrogen (secondary N) is 1. The van der Waals surface area contributed by atoms with Crippen molar-refractivity contribution in [3.8, 4) is 5.75 Å². The van der Waals surface area contributed by atoms with Gasteiger partial charge in [-0.3, -0.25) is 9.69 Å². The van der Waals surface area contributed by atoms with Crippen LogP contribution in [0.5, 0.6) is 5.75 Å². The summed E-state index contributed by atoms with van der Waals surface area (Å²) >= 11 is 0. The Labute approximate surface area is 198 Å². The van der Waals surface area contributed by atoms with Crippen LogP contribution in [0, 0.1) is 11.6 Å². The maximum Gasteiger partial charge on any atom is 0.251 e. The number of ether oxygens (including phenoxy) is 1. The number of likely N-dealkylation sites (tertiary alicyclic amines) is 2. The lowest BCUT2D eigenvalue weighted by Gasteiger charge is -2.20. The summed E-state index contributed by atoms with van der Waals surface area (Å²) in [4.78, 5) is 17.0. The summed E-state index contributed by atoms with van der Waals surface area (Å²) in [7, 11) is 2.12. The molecule has 2 fully saturated rings. The van der Waals surface area contributed by atoms with Crippen molar-refractivity contribution >= 4 is 16.7 Å². The lowest BCUT2D eigenvalue weighted by Crippen LogP contribution is -2.37. The summed E-state index contributed by atoms with van der Waals surface area (Å²) in [5.74, 6) is -1.03. The Balaban J connectivity index is 1.25. The van der Waals surface area contributed by atoms with Crippen LogP contribution in [-0.2, 0) is 6.54 Å². The molecule has 1 amide bonds. The highest BCUT2D eigenvalue weighted by molar-refractivity contribution is 5.94. The molecule has 1 unspecified atom stereocenters. The number of nitrogens with zero attached hydrogens (tertiary/aromatic N) is 2. The van der Waals surface area contributed by atoms with Gasteiger partial charge in [-0.15, -0.1) is 0 Å². The summed E-state index contributed by atoms with van der Waals surface area (Å²) in [5.41, 5.74) is 1.22. The molecule has 2 aliphatic heterocycles. The van der Waals surface area contributed by atoms with Crippen molar-refractivity contribution in [3.63, 3.8) is 0 Å². The quantitative estimate of drug-likeness (QED) is 0.593. The van der Waals surface area contributed by atoms with E-state index in [0.717, 1.165) is 68.4 Å². The fraction of sp³-hybridized carbons (Fsp3) is 0.370. The molecule has 2 saturated heterocycles. The molecule has 0 bridgehead atoms. The van der Waals surface area contributed by atoms with Crippen LogP contribution in [0.3, 0.4) is 0 Å². The van der Waals surface area contributed by atoms with Gasteiger partial charge in [0, 0.05) is 55.8 Å². The third-order valence-corrected chi connectivity index (χ3v) is 6.74. The Hall–Kier alpha value is -3.03. The molecule has 3 aromatic carbocycles. The zero-order valence-corrected chi connectivity index (χ0v) is 19.3. The first-order chi connectivity index (χ1) is 16.4. The Morgan fingerprint density at radius 3 is 2.50 bits per heavy atom. The lowest BCUT2D eigenvalue weighted by atomic mass is 10.0. The predicted octanol–water partition coefficient (Wildman–Crippen LogP) is 4.21. The van der Waals surface area contributed by atoms with Crippen molar-refractivity contribution in [1.29, 1.82) is 0 Å². The highest BCUT2D eigenvalue weighted by Gasteiger charge is 2.26. The van der Waals surface area contributed by atoms with Crippen LogP contribution in [0.25, 0.3) is 10.8 Å². The summed E-state index contributed by atoms with van der Waals surface area (Å²) in [6.07, 6.45) is 2.04. The van der Waals surface area contributed by atoms with E-state index in [1.54, 1.807) is 0 Å². The van der Waals surface area contributed by atoms with E-state index in [4.69, 9.17) is 4.74 Å². The van der Waals surface area contributed by atoms with Crippen LogP contribution in [0.1, 0.15) is 28.8 Å². The van der Waals surface area contributed by atoms with Gasteiger partial charge in [-0.25, -0.2) is 8.78 Å². The van der Waals surface area contributed by atoms with Crippen LogP contribution >= 0.6 is 0 Å². The van der Waals surface area contributed by atoms with Gasteiger partial charge < -0.3 is 15.0 Å². The molecule has 2 heterocycles. The normalized spacial score (nSPS) is 21.3. The van der Waals surface area contributed by atoms with E-state index in [-0.39, 0.29) is 17.7 Å². The Bertz CT molecular complexity index is 1180. The Morgan fingerprint density at radius 2 is 1.76 bits per heavy atom. The molecule has 2 aliphatic rings. The fourth-order valence-corrected chi connectivity index (χ4v) is 5.03. The maximum atomic E-state index is 13.5. The standard InChI is InChI=1S/C27H29F2N3O2/c1-31-10-9-23(17-31)34-26-7-6-18(24-4-2-3-5-25(24)26)15-32-11-8-22(16-32)30-27(33)19-12-20(28)14-21(29)13-19/h2-7,12-14,22-23H,8-11,15-17H2,1H3,(H,30,33)/t22-,23?/m0/s1. The van der Waals surface area contributed by atoms with E-state index in [9.17, 15) is 13.6 Å². The highest BCUT2D eigenvalue weighted by atomic mass is 19.1. The number of carbonyl (C=O) groups excluding carboxylic acids is 1. The van der Waals surface area contributed by atoms with Crippen LogP contribution in [-0.4, -0.2) is 61.1 Å². The molecule has 2 atom stereocenters. The highest BCUT2D eigenvalue weighted by Crippen LogP contribution is 2.31. The van der Waals surface area contributed by atoms with Crippen LogP contribution in [0.2, 0.25) is 0 Å². The van der Waals surface area contributed by atoms with Crippen molar-refractivity contribution in [2.45, 2.75) is 31.5 Å². The zero-order valence-electron chi connectivity index (χ0n) is 19.3. The number of halogens is 2. The number of hydrogen-bond acceptors (Lipinski definition) is 4. The number of rotatable bonds is 6. The molecule has 3 aromatic rings. The number of fused-ring (bicyclic) bond motifs is 1. The smallest absolute Gasteiger partial charge is 0.251 e. The number of benzene rings is 3. The Kier molecular flexibility index (Phi) is 6.48. The third-order valence-electron chi connectivity index (χ3n) is 6.74. The predicted molar refractivity (Wildman–Crippen MR) is 128 cm³/mol. The van der Waals surface area contributed by atoms with Gasteiger partial charge in [-0.05, 0) is 49.0 Å². The summed E-state index contributed by atoms with van der Waals surface area (Å²) in [6, 6.07) is 15.4. The molecule has 0 aliphatic carbocycles. The minimum absolute atomic E-state index is 0.00555. The van der Waals surface area contributed by atoms with Gasteiger partial charge in [0.25, 0.3) is 5.91 Å². The third kappa shape index (κ3) is 5.05. The van der Waals surface area contributed by atoms with Gasteiger partial charge in [0.1, 0.15) is 23.5 Å². The van der Waals surface area contributed by atoms with E-state index < -0.39 is 17.5 Å². The van der Waals surface area contributed by atoms with Gasteiger partial charge in [-0.2, -0.15) is 0 Å². The lowest BCUT2D eigenvalue weighted by molar-refractivity contribution is 0.0936. The summed E-state index contributed by atoms with van der Waals surface area (Å²) in [5, 5.41) is 5.21. The molecule has 178 valence electrons. The summed E-state index contributed by atoms with van der Waals surface area (Å²) < 4.78 is 33.3. The van der Waals surface area contributed by atoms with Crippen molar-refractivity contribution in [2.24, 2.45) is 0 Å². The second kappa shape index (κ2) is 9.68. The topological polar surface area (TPSA) is 44.8 Å². The fourth-order valence-electron chi connectivity index (χ4n) is 5.03. The first-order valence-corrected chi connectivity index (χ1v) is 11.8. The second-order valence-electron chi connectivity index (χ2n) is 9.41. The van der Waals surface area contributed by atoms with Crippen molar-refractivity contribution in [2.75, 3.05) is 33.2 Å². The van der Waals surface area contributed by atoms with E-state index in [0.29, 0.717) is 6.54 Å². The van der Waals surface area contributed by atoms with E-state index in [1.807, 2.05) is 12.1 Å². The van der Waals surface area contributed by atoms with E-state index in [2.05, 4.69) is 46.4 Å². The van der Waals surface area contributed by atoms with Gasteiger partial charge in [0.2, 0.25) is 0 Å². The van der Waals surface area contributed by atoms with E-state index in [1.165, 1.54) is 10.9 Å².